The lowest BCUT2D eigenvalue weighted by Gasteiger charge is -2.35. The first-order chi connectivity index (χ1) is 55.8. The number of carbonyl (C=O) groups is 5. The first-order valence-corrected chi connectivity index (χ1v) is 42.1. The Bertz CT molecular complexity index is 5050. The number of nitrogens with zero attached hydrogens (tertiary/aromatic N) is 9. The smallest absolute Gasteiger partial charge is 0.406 e. The van der Waals surface area contributed by atoms with Gasteiger partial charge in [0.05, 0.1) is 23.7 Å². The van der Waals surface area contributed by atoms with E-state index < -0.39 is 39.5 Å². The number of urea groups is 1. The van der Waals surface area contributed by atoms with Crippen molar-refractivity contribution in [2.45, 2.75) is 139 Å². The molecule has 10 N–H and O–H groups in total. The van der Waals surface area contributed by atoms with Gasteiger partial charge in [0.1, 0.15) is 16.8 Å². The normalized spacial score (nSPS) is 22.1. The van der Waals surface area contributed by atoms with Crippen LogP contribution in [0.4, 0.5) is 23.7 Å². The summed E-state index contributed by atoms with van der Waals surface area (Å²) in [6.07, 6.45) is 8.33. The van der Waals surface area contributed by atoms with Gasteiger partial charge in [0, 0.05) is 93.5 Å². The fraction of sp³-hybridized carbons (Fsp3) is 0.360. The van der Waals surface area contributed by atoms with Gasteiger partial charge >= 0.3 is 12.4 Å². The maximum atomic E-state index is 14.0. The SMILES string of the molecule is CN1C(=O)C[C@@](C)(c2ccc(-c3cc(Cl)cc(Cl)c3)s2)N=C1N.CN1C(=O)[C@@](CCC2CCCCC2)(C[C@H]2CCC[C@@H](NC(=O)Nc3ccccc3Cl)C2)N=C1N.CN1OC(C)(c2cccc(-c3cccc(OC(F)(F)F)c3)c2)N=C1N.NC1=NC(c2ccccc2)(c2ccccc2)C(=O)N1Cc1cccc(C(=O)N2CCS(=O)CC2)c1. The summed E-state index contributed by atoms with van der Waals surface area (Å²) in [5.74, 6) is 2.35. The number of likely N-dealkylation sites (N-methyl/N-ethyl adjacent to an activating group) is 1. The number of guanidine groups is 4. The highest BCUT2D eigenvalue weighted by atomic mass is 35.5. The third kappa shape index (κ3) is 20.8. The van der Waals surface area contributed by atoms with E-state index in [1.807, 2.05) is 116 Å². The monoisotopic (exact) mass is 1690 g/mol. The van der Waals surface area contributed by atoms with Gasteiger partial charge in [-0.25, -0.2) is 34.7 Å². The average molecular weight is 1690 g/mol. The van der Waals surface area contributed by atoms with Crippen LogP contribution < -0.4 is 38.3 Å². The molecule has 31 heteroatoms. The highest BCUT2D eigenvalue weighted by Crippen LogP contribution is 2.45. The highest BCUT2D eigenvalue weighted by Gasteiger charge is 2.52. The quantitative estimate of drug-likeness (QED) is 0.0494. The molecule has 6 amide bonds. The number of hydroxylamine groups is 2. The maximum Gasteiger partial charge on any atom is 0.573 e. The van der Waals surface area contributed by atoms with Gasteiger partial charge in [-0.3, -0.25) is 38.1 Å². The number of nitrogens with two attached hydrogens (primary N) is 4. The summed E-state index contributed by atoms with van der Waals surface area (Å²) < 4.78 is 52.8. The Morgan fingerprint density at radius 1 is 0.632 bits per heavy atom. The van der Waals surface area contributed by atoms with Crippen molar-refractivity contribution in [3.63, 3.8) is 0 Å². The molecule has 8 aromatic rings. The van der Waals surface area contributed by atoms with Crippen molar-refractivity contribution in [2.24, 2.45) is 54.7 Å². The van der Waals surface area contributed by atoms with E-state index in [1.54, 1.807) is 105 Å². The minimum Gasteiger partial charge on any atom is -0.406 e. The molecule has 5 aliphatic heterocycles. The average Bonchev–Trinajstić information content (AvgIpc) is 1.59. The van der Waals surface area contributed by atoms with Gasteiger partial charge in [-0.1, -0.05) is 195 Å². The number of hydrogen-bond acceptors (Lipinski definition) is 18. The summed E-state index contributed by atoms with van der Waals surface area (Å²) >= 11 is 19.9. The number of ether oxygens (including phenoxy) is 1. The van der Waals surface area contributed by atoms with Gasteiger partial charge < -0.3 is 43.2 Å². The number of amides is 6. The number of carbonyl (C=O) groups excluding carboxylic acids is 5. The molecule has 117 heavy (non-hydrogen) atoms. The van der Waals surface area contributed by atoms with Gasteiger partial charge in [-0.15, -0.1) is 24.5 Å². The molecule has 5 atom stereocenters. The van der Waals surface area contributed by atoms with Crippen molar-refractivity contribution in [1.29, 1.82) is 0 Å². The first-order valence-electron chi connectivity index (χ1n) is 38.7. The minimum absolute atomic E-state index is 0.0346. The Balaban J connectivity index is 0.000000146. The molecule has 1 saturated heterocycles. The van der Waals surface area contributed by atoms with Gasteiger partial charge in [0.2, 0.25) is 17.6 Å². The van der Waals surface area contributed by atoms with E-state index in [2.05, 4.69) is 25.4 Å². The summed E-state index contributed by atoms with van der Waals surface area (Å²) in [7, 11) is 4.15. The van der Waals surface area contributed by atoms with E-state index in [-0.39, 0.29) is 65.9 Å². The third-order valence-electron chi connectivity index (χ3n) is 22.0. The number of rotatable bonds is 17. The van der Waals surface area contributed by atoms with E-state index in [9.17, 15) is 41.4 Å². The minimum atomic E-state index is -4.73. The van der Waals surface area contributed by atoms with Crippen molar-refractivity contribution in [3.05, 3.63) is 236 Å². The molecule has 616 valence electrons. The van der Waals surface area contributed by atoms with Crippen LogP contribution in [0.3, 0.4) is 0 Å². The lowest BCUT2D eigenvalue weighted by Crippen LogP contribution is -2.47. The van der Waals surface area contributed by atoms with E-state index in [0.717, 1.165) is 76.1 Å². The number of aliphatic imine (C=N–C) groups is 4. The molecule has 0 radical (unpaired) electrons. The lowest BCUT2D eigenvalue weighted by atomic mass is 9.74. The van der Waals surface area contributed by atoms with Crippen LogP contribution in [0.5, 0.6) is 5.75 Å². The Labute approximate surface area is 700 Å². The van der Waals surface area contributed by atoms with E-state index >= 15 is 0 Å². The zero-order valence-electron chi connectivity index (χ0n) is 65.5. The molecular weight excluding hydrogens is 1600 g/mol. The van der Waals surface area contributed by atoms with Gasteiger partial charge in [-0.05, 0) is 164 Å². The molecule has 2 saturated carbocycles. The van der Waals surface area contributed by atoms with Crippen LogP contribution in [-0.2, 0) is 53.4 Å². The number of para-hydroxylation sites is 1. The first kappa shape index (κ1) is 86.0. The van der Waals surface area contributed by atoms with Crippen LogP contribution in [0.1, 0.15) is 135 Å². The zero-order chi connectivity index (χ0) is 83.6. The standard InChI is InChI=1S/C27H26N4O3S.C26H38ClN5O2.C17H16F3N3O2.C16H15Cl2N3OS/c28-26-29-27(22-10-3-1-4-11-22,23-12-5-2-6-13-23)25(33)31(26)19-20-8-7-9-21(18-20)24(32)30-14-16-35(34)17-15-30;1-32-23(33)26(31-24(32)28,15-14-18-8-3-2-4-9-18)17-19-10-7-11-20(16-19)29-25(34)30-22-13-6-5-12-21(22)27;1-16(22-15(21)23(2)25-16)13-7-3-5-11(9-13)12-6-4-8-14(10-12)24-17(18,19)20;1-16(8-14(22)21(2)15(19)20-16)13-4-3-12(23-13)9-5-10(17)7-11(18)6-9/h1-13,18H,14-17,19H2,(H2,28,29);5-6,12-13,18-20H,2-4,7-11,14-17H2,1H3,(H2,28,31)(H2,29,30,34);3-10H,1-2H3,(H2,21,22);3-7H,8H2,1-2H3,(H2,19,20)/t;19-,20+,26+;;16-/m.0.0/s1. The Kier molecular flexibility index (Phi) is 27.2. The number of anilines is 1. The number of thiophene rings is 1. The second-order valence-corrected chi connectivity index (χ2v) is 34.5. The molecule has 1 aromatic heterocycles. The summed E-state index contributed by atoms with van der Waals surface area (Å²) in [4.78, 5) is 97.0. The van der Waals surface area contributed by atoms with E-state index in [4.69, 9.17) is 72.6 Å². The van der Waals surface area contributed by atoms with Crippen molar-refractivity contribution >= 4 is 116 Å². The molecule has 1 unspecified atom stereocenters. The van der Waals surface area contributed by atoms with Crippen LogP contribution in [0, 0.1) is 11.8 Å². The second-order valence-electron chi connectivity index (χ2n) is 30.5. The Morgan fingerprint density at radius 3 is 1.89 bits per heavy atom. The number of alkyl halides is 3. The van der Waals surface area contributed by atoms with Crippen molar-refractivity contribution in [1.82, 2.24) is 30.0 Å². The number of benzene rings is 7. The molecule has 6 heterocycles. The number of halogens is 6. The third-order valence-corrected chi connectivity index (χ3v) is 25.5. The second kappa shape index (κ2) is 37.1. The van der Waals surface area contributed by atoms with Gasteiger partial charge in [-0.2, -0.15) is 0 Å². The van der Waals surface area contributed by atoms with Crippen LogP contribution in [0.15, 0.2) is 208 Å². The fourth-order valence-corrected chi connectivity index (χ4v) is 18.7. The van der Waals surface area contributed by atoms with Crippen LogP contribution in [-0.4, -0.2) is 146 Å². The Hall–Kier alpha value is -10.4. The number of nitrogens with one attached hydrogen (secondary N) is 2. The molecule has 23 nitrogen and oxygen atoms in total. The fourth-order valence-electron chi connectivity index (χ4n) is 15.8. The van der Waals surface area contributed by atoms with Gasteiger partial charge in [0.15, 0.2) is 23.4 Å². The zero-order valence-corrected chi connectivity index (χ0v) is 69.4. The van der Waals surface area contributed by atoms with Crippen LogP contribution in [0.25, 0.3) is 21.6 Å². The molecule has 3 fully saturated rings. The largest absolute Gasteiger partial charge is 0.573 e. The van der Waals surface area contributed by atoms with Crippen molar-refractivity contribution in [2.75, 3.05) is 51.1 Å². The maximum absolute atomic E-state index is 14.0. The van der Waals surface area contributed by atoms with Gasteiger partial charge in [0.25, 0.3) is 17.7 Å². The van der Waals surface area contributed by atoms with Crippen LogP contribution >= 0.6 is 46.1 Å². The summed E-state index contributed by atoms with van der Waals surface area (Å²) in [6, 6.07) is 55.5. The van der Waals surface area contributed by atoms with Crippen LogP contribution in [0.2, 0.25) is 15.1 Å². The molecule has 15 rings (SSSR count). The number of hydrogen-bond donors (Lipinski definition) is 6. The molecule has 2 aliphatic carbocycles. The summed E-state index contributed by atoms with van der Waals surface area (Å²) in [6.45, 7) is 4.84. The van der Waals surface area contributed by atoms with E-state index in [0.29, 0.717) is 92.7 Å². The predicted molar refractivity (Wildman–Crippen MR) is 455 cm³/mol. The Morgan fingerprint density at radius 2 is 1.26 bits per heavy atom. The lowest BCUT2D eigenvalue weighted by molar-refractivity contribution is -0.274. The summed E-state index contributed by atoms with van der Waals surface area (Å²) in [5, 5.41) is 9.01. The molecule has 7 aromatic carbocycles. The molecule has 7 aliphatic rings. The molecular formula is C86H95Cl3F3N15O8S2. The van der Waals surface area contributed by atoms with Crippen molar-refractivity contribution in [3.8, 4) is 27.3 Å². The summed E-state index contributed by atoms with van der Waals surface area (Å²) in [5.41, 5.74) is 26.8. The van der Waals surface area contributed by atoms with E-state index in [1.165, 1.54) is 70.1 Å². The molecule has 0 bridgehead atoms. The highest BCUT2D eigenvalue weighted by molar-refractivity contribution is 7.85. The predicted octanol–water partition coefficient (Wildman–Crippen LogP) is 15.5. The van der Waals surface area contributed by atoms with Crippen molar-refractivity contribution < 1.29 is 50.9 Å². The molecule has 0 spiro atoms. The topological polar surface area (TPSA) is 315 Å².